The van der Waals surface area contributed by atoms with Gasteiger partial charge in [-0.15, -0.1) is 0 Å². The first-order chi connectivity index (χ1) is 5.88. The van der Waals surface area contributed by atoms with E-state index >= 15 is 0 Å². The van der Waals surface area contributed by atoms with Crippen LogP contribution in [0, 0.1) is 5.92 Å². The number of rotatable bonds is 2. The summed E-state index contributed by atoms with van der Waals surface area (Å²) in [5, 5.41) is 0. The van der Waals surface area contributed by atoms with Crippen molar-refractivity contribution in [3.63, 3.8) is 0 Å². The molecule has 1 aliphatic carbocycles. The summed E-state index contributed by atoms with van der Waals surface area (Å²) in [6.45, 7) is 2.12. The highest BCUT2D eigenvalue weighted by Crippen LogP contribution is 2.27. The Morgan fingerprint density at radius 2 is 1.83 bits per heavy atom. The Morgan fingerprint density at radius 3 is 2.42 bits per heavy atom. The van der Waals surface area contributed by atoms with Crippen LogP contribution >= 0.6 is 0 Å². The lowest BCUT2D eigenvalue weighted by Gasteiger charge is -2.24. The minimum absolute atomic E-state index is 0.115. The van der Waals surface area contributed by atoms with Crippen LogP contribution in [-0.2, 0) is 4.94 Å². The van der Waals surface area contributed by atoms with Gasteiger partial charge >= 0.3 is 0 Å². The molecular weight excluding hydrogens is 155 g/mol. The molecule has 1 nitrogen and oxygen atoms in total. The quantitative estimate of drug-likeness (QED) is 0.621. The van der Waals surface area contributed by atoms with E-state index in [2.05, 4.69) is 11.9 Å². The fraction of sp³-hybridized carbons (Fsp3) is 1.00. The summed E-state index contributed by atoms with van der Waals surface area (Å²) in [5.41, 5.74) is 0. The van der Waals surface area contributed by atoms with Gasteiger partial charge in [-0.3, -0.25) is 0 Å². The molecule has 0 spiro atoms. The standard InChI is InChI=1S/C10H19FO/c1-2-9-7-5-3-4-6-8-10(9)12-11/h9-10H,2-8H2,1H3. The van der Waals surface area contributed by atoms with Gasteiger partial charge < -0.3 is 0 Å². The van der Waals surface area contributed by atoms with Gasteiger partial charge in [-0.2, -0.15) is 4.94 Å². The van der Waals surface area contributed by atoms with Gasteiger partial charge in [0.2, 0.25) is 0 Å². The Balaban J connectivity index is 2.39. The Morgan fingerprint density at radius 1 is 1.17 bits per heavy atom. The summed E-state index contributed by atoms with van der Waals surface area (Å²) in [4.78, 5) is 4.03. The molecule has 0 aromatic rings. The number of hydrogen-bond donors (Lipinski definition) is 0. The van der Waals surface area contributed by atoms with Crippen LogP contribution in [0.4, 0.5) is 4.53 Å². The predicted octanol–water partition coefficient (Wildman–Crippen LogP) is 3.64. The van der Waals surface area contributed by atoms with E-state index in [9.17, 15) is 4.53 Å². The van der Waals surface area contributed by atoms with E-state index < -0.39 is 0 Å². The molecule has 1 aliphatic rings. The third kappa shape index (κ3) is 2.74. The highest BCUT2D eigenvalue weighted by Gasteiger charge is 2.22. The lowest BCUT2D eigenvalue weighted by atomic mass is 9.87. The lowest BCUT2D eigenvalue weighted by Crippen LogP contribution is -2.22. The van der Waals surface area contributed by atoms with Crippen LogP contribution in [0.5, 0.6) is 0 Å². The number of hydrogen-bond acceptors (Lipinski definition) is 1. The van der Waals surface area contributed by atoms with Crippen molar-refractivity contribution in [2.24, 2.45) is 5.92 Å². The van der Waals surface area contributed by atoms with Crippen LogP contribution in [0.25, 0.3) is 0 Å². The zero-order valence-electron chi connectivity index (χ0n) is 7.89. The molecule has 2 unspecified atom stereocenters. The van der Waals surface area contributed by atoms with E-state index in [0.29, 0.717) is 5.92 Å². The maximum absolute atomic E-state index is 12.1. The summed E-state index contributed by atoms with van der Waals surface area (Å²) in [5.74, 6) is 0.454. The molecule has 2 atom stereocenters. The Hall–Kier alpha value is -0.110. The molecule has 0 radical (unpaired) electrons. The molecule has 0 amide bonds. The van der Waals surface area contributed by atoms with Crippen molar-refractivity contribution in [3.8, 4) is 0 Å². The summed E-state index contributed by atoms with van der Waals surface area (Å²) in [6.07, 6.45) is 7.93. The van der Waals surface area contributed by atoms with Crippen molar-refractivity contribution in [2.75, 3.05) is 0 Å². The van der Waals surface area contributed by atoms with E-state index in [1.165, 1.54) is 19.3 Å². The first-order valence-corrected chi connectivity index (χ1v) is 5.16. The summed E-state index contributed by atoms with van der Waals surface area (Å²) in [7, 11) is 0. The second-order valence-electron chi connectivity index (χ2n) is 3.79. The largest absolute Gasteiger partial charge is 0.191 e. The molecule has 12 heavy (non-hydrogen) atoms. The van der Waals surface area contributed by atoms with Crippen LogP contribution < -0.4 is 0 Å². The van der Waals surface area contributed by atoms with Gasteiger partial charge in [-0.1, -0.05) is 39.0 Å². The van der Waals surface area contributed by atoms with Crippen LogP contribution in [0.1, 0.15) is 51.9 Å². The van der Waals surface area contributed by atoms with Gasteiger partial charge in [0.05, 0.1) is 0 Å². The van der Waals surface area contributed by atoms with Crippen LogP contribution in [0.15, 0.2) is 0 Å². The van der Waals surface area contributed by atoms with Gasteiger partial charge in [0.15, 0.2) is 0 Å². The maximum Gasteiger partial charge on any atom is 0.101 e. The molecule has 0 aliphatic heterocycles. The lowest BCUT2D eigenvalue weighted by molar-refractivity contribution is -0.200. The van der Waals surface area contributed by atoms with Gasteiger partial charge in [0, 0.05) is 0 Å². The minimum Gasteiger partial charge on any atom is -0.191 e. The van der Waals surface area contributed by atoms with Crippen molar-refractivity contribution in [1.82, 2.24) is 0 Å². The van der Waals surface area contributed by atoms with Crippen LogP contribution in [-0.4, -0.2) is 6.10 Å². The smallest absolute Gasteiger partial charge is 0.101 e. The molecule has 0 heterocycles. The zero-order valence-corrected chi connectivity index (χ0v) is 7.89. The third-order valence-electron chi connectivity index (χ3n) is 2.98. The fourth-order valence-electron chi connectivity index (χ4n) is 2.11. The molecule has 0 aromatic heterocycles. The second kappa shape index (κ2) is 5.52. The molecular formula is C10H19FO. The van der Waals surface area contributed by atoms with Crippen molar-refractivity contribution in [2.45, 2.75) is 58.0 Å². The van der Waals surface area contributed by atoms with Gasteiger partial charge in [0.25, 0.3) is 0 Å². The van der Waals surface area contributed by atoms with Crippen molar-refractivity contribution in [1.29, 1.82) is 0 Å². The molecule has 0 saturated heterocycles. The SMILES string of the molecule is CCC1CCCCCCC1OF. The topological polar surface area (TPSA) is 9.23 Å². The van der Waals surface area contributed by atoms with E-state index in [0.717, 1.165) is 25.7 Å². The Kier molecular flexibility index (Phi) is 4.59. The molecule has 0 N–H and O–H groups in total. The van der Waals surface area contributed by atoms with Crippen molar-refractivity contribution >= 4 is 0 Å². The molecule has 1 rings (SSSR count). The van der Waals surface area contributed by atoms with Gasteiger partial charge in [0.1, 0.15) is 6.10 Å². The summed E-state index contributed by atoms with van der Waals surface area (Å²) >= 11 is 0. The second-order valence-corrected chi connectivity index (χ2v) is 3.79. The molecule has 2 heteroatoms. The average molecular weight is 174 g/mol. The average Bonchev–Trinajstić information content (AvgIpc) is 2.05. The highest BCUT2D eigenvalue weighted by atomic mass is 19.3. The molecule has 0 aromatic carbocycles. The minimum atomic E-state index is -0.115. The Labute approximate surface area is 74.2 Å². The normalized spacial score (nSPS) is 32.5. The van der Waals surface area contributed by atoms with E-state index in [1.807, 2.05) is 0 Å². The maximum atomic E-state index is 12.1. The Bertz CT molecular complexity index is 102. The molecule has 1 saturated carbocycles. The van der Waals surface area contributed by atoms with E-state index in [-0.39, 0.29) is 6.10 Å². The van der Waals surface area contributed by atoms with Gasteiger partial charge in [-0.05, 0) is 23.3 Å². The monoisotopic (exact) mass is 174 g/mol. The first kappa shape index (κ1) is 9.97. The summed E-state index contributed by atoms with van der Waals surface area (Å²) < 4.78 is 12.1. The summed E-state index contributed by atoms with van der Waals surface area (Å²) in [6, 6.07) is 0. The highest BCUT2D eigenvalue weighted by molar-refractivity contribution is 4.71. The van der Waals surface area contributed by atoms with Crippen LogP contribution in [0.2, 0.25) is 0 Å². The fourth-order valence-corrected chi connectivity index (χ4v) is 2.11. The third-order valence-corrected chi connectivity index (χ3v) is 2.98. The molecule has 0 bridgehead atoms. The molecule has 72 valence electrons. The van der Waals surface area contributed by atoms with Crippen LogP contribution in [0.3, 0.4) is 0 Å². The van der Waals surface area contributed by atoms with Crippen molar-refractivity contribution < 1.29 is 9.47 Å². The first-order valence-electron chi connectivity index (χ1n) is 5.16. The predicted molar refractivity (Wildman–Crippen MR) is 47.5 cm³/mol. The zero-order chi connectivity index (χ0) is 8.81. The van der Waals surface area contributed by atoms with Gasteiger partial charge in [-0.25, -0.2) is 0 Å². The van der Waals surface area contributed by atoms with Crippen molar-refractivity contribution in [3.05, 3.63) is 0 Å². The number of halogens is 1. The van der Waals surface area contributed by atoms with E-state index in [4.69, 9.17) is 0 Å². The molecule has 1 fully saturated rings. The van der Waals surface area contributed by atoms with E-state index in [1.54, 1.807) is 0 Å².